The quantitative estimate of drug-likeness (QED) is 0.453. The van der Waals surface area contributed by atoms with Gasteiger partial charge in [0.25, 0.3) is 0 Å². The van der Waals surface area contributed by atoms with Gasteiger partial charge in [0.05, 0.1) is 20.3 Å². The van der Waals surface area contributed by atoms with E-state index in [4.69, 9.17) is 0 Å². The van der Waals surface area contributed by atoms with Gasteiger partial charge in [-0.15, -0.1) is 0 Å². The minimum Gasteiger partial charge on any atom is -0.292 e. The van der Waals surface area contributed by atoms with E-state index in [0.29, 0.717) is 5.92 Å². The zero-order valence-electron chi connectivity index (χ0n) is 9.81. The van der Waals surface area contributed by atoms with Crippen molar-refractivity contribution in [3.8, 4) is 11.8 Å². The Hall–Kier alpha value is -0.740. The van der Waals surface area contributed by atoms with E-state index in [2.05, 4.69) is 59.8 Å². The fourth-order valence-electron chi connectivity index (χ4n) is 1.20. The van der Waals surface area contributed by atoms with Crippen LogP contribution in [0.1, 0.15) is 27.7 Å². The molecule has 0 aliphatic carbocycles. The fourth-order valence-corrected chi connectivity index (χ4v) is 1.20. The summed E-state index contributed by atoms with van der Waals surface area (Å²) >= 11 is 0. The topological polar surface area (TPSA) is 0 Å². The van der Waals surface area contributed by atoms with E-state index >= 15 is 0 Å². The maximum absolute atomic E-state index is 3.21. The molecule has 0 unspecified atom stereocenters. The van der Waals surface area contributed by atoms with Gasteiger partial charge in [0.15, 0.2) is 0 Å². The first-order valence-corrected chi connectivity index (χ1v) is 4.80. The van der Waals surface area contributed by atoms with Crippen molar-refractivity contribution in [1.29, 1.82) is 0 Å². The average Bonchev–Trinajstić information content (AvgIpc) is 1.81. The number of quaternary nitrogens is 1. The van der Waals surface area contributed by atoms with Crippen molar-refractivity contribution < 1.29 is 4.48 Å². The Morgan fingerprint density at radius 2 is 1.85 bits per heavy atom. The van der Waals surface area contributed by atoms with Crippen LogP contribution in [0.4, 0.5) is 0 Å². The highest BCUT2D eigenvalue weighted by molar-refractivity contribution is 5.02. The molecule has 0 amide bonds. The van der Waals surface area contributed by atoms with Gasteiger partial charge < -0.3 is 0 Å². The van der Waals surface area contributed by atoms with Crippen LogP contribution in [0.5, 0.6) is 0 Å². The molecule has 74 valence electrons. The van der Waals surface area contributed by atoms with E-state index in [-0.39, 0.29) is 0 Å². The van der Waals surface area contributed by atoms with Crippen molar-refractivity contribution in [2.75, 3.05) is 20.6 Å². The number of allylic oxidation sites excluding steroid dienone is 1. The van der Waals surface area contributed by atoms with Crippen LogP contribution in [-0.4, -0.2) is 25.1 Å². The summed E-state index contributed by atoms with van der Waals surface area (Å²) in [5, 5.41) is 0. The van der Waals surface area contributed by atoms with Gasteiger partial charge in [-0.05, 0) is 25.3 Å². The third-order valence-corrected chi connectivity index (χ3v) is 1.48. The third-order valence-electron chi connectivity index (χ3n) is 1.48. The van der Waals surface area contributed by atoms with Crippen molar-refractivity contribution in [3.05, 3.63) is 11.8 Å². The Bertz CT molecular complexity index is 232. The molecule has 0 saturated carbocycles. The summed E-state index contributed by atoms with van der Waals surface area (Å²) in [5.41, 5.74) is 1.34. The van der Waals surface area contributed by atoms with Crippen molar-refractivity contribution in [1.82, 2.24) is 0 Å². The van der Waals surface area contributed by atoms with E-state index in [1.807, 2.05) is 0 Å². The summed E-state index contributed by atoms with van der Waals surface area (Å²) in [4.78, 5) is 0. The number of hydrogen-bond donors (Lipinski definition) is 0. The van der Waals surface area contributed by atoms with Crippen LogP contribution in [0.15, 0.2) is 11.8 Å². The second-order valence-corrected chi connectivity index (χ2v) is 4.62. The van der Waals surface area contributed by atoms with Crippen molar-refractivity contribution >= 4 is 0 Å². The van der Waals surface area contributed by atoms with Gasteiger partial charge in [-0.3, -0.25) is 4.48 Å². The van der Waals surface area contributed by atoms with Gasteiger partial charge in [0.2, 0.25) is 0 Å². The van der Waals surface area contributed by atoms with Crippen LogP contribution in [-0.2, 0) is 0 Å². The summed E-state index contributed by atoms with van der Waals surface area (Å²) in [6.45, 7) is 9.37. The lowest BCUT2D eigenvalue weighted by Gasteiger charge is -2.22. The van der Waals surface area contributed by atoms with Gasteiger partial charge in [0, 0.05) is 5.92 Å². The maximum Gasteiger partial charge on any atom is 0.144 e. The van der Waals surface area contributed by atoms with Crippen LogP contribution in [0.3, 0.4) is 0 Å². The highest BCUT2D eigenvalue weighted by Crippen LogP contribution is 2.02. The second kappa shape index (κ2) is 5.09. The molecule has 0 aromatic rings. The fraction of sp³-hybridized carbons (Fsp3) is 0.667. The molecule has 0 N–H and O–H groups in total. The molecular formula is C12H22N+. The van der Waals surface area contributed by atoms with Crippen LogP contribution >= 0.6 is 0 Å². The summed E-state index contributed by atoms with van der Waals surface area (Å²) in [5.74, 6) is 6.87. The van der Waals surface area contributed by atoms with Crippen molar-refractivity contribution in [2.24, 2.45) is 5.92 Å². The largest absolute Gasteiger partial charge is 0.292 e. The van der Waals surface area contributed by atoms with Crippen molar-refractivity contribution in [2.45, 2.75) is 27.7 Å². The molecule has 1 heteroatoms. The van der Waals surface area contributed by atoms with E-state index in [1.165, 1.54) is 5.57 Å². The lowest BCUT2D eigenvalue weighted by molar-refractivity contribution is -0.831. The molecule has 0 aromatic carbocycles. The molecule has 0 bridgehead atoms. The van der Waals surface area contributed by atoms with E-state index in [9.17, 15) is 0 Å². The molecule has 0 aliphatic heterocycles. The zero-order chi connectivity index (χ0) is 10.5. The van der Waals surface area contributed by atoms with E-state index in [1.54, 1.807) is 0 Å². The molecule has 1 nitrogen and oxygen atoms in total. The molecule has 0 fully saturated rings. The average molecular weight is 180 g/mol. The molecule has 0 heterocycles. The highest BCUT2D eigenvalue weighted by Gasteiger charge is 2.08. The smallest absolute Gasteiger partial charge is 0.144 e. The lowest BCUT2D eigenvalue weighted by atomic mass is 10.2. The molecule has 13 heavy (non-hydrogen) atoms. The third kappa shape index (κ3) is 7.62. The van der Waals surface area contributed by atoms with Gasteiger partial charge in [-0.2, -0.15) is 0 Å². The maximum atomic E-state index is 3.21. The molecular weight excluding hydrogens is 158 g/mol. The first-order valence-electron chi connectivity index (χ1n) is 4.80. The summed E-state index contributed by atoms with van der Waals surface area (Å²) < 4.78 is 0.849. The molecule has 0 atom stereocenters. The Morgan fingerprint density at radius 1 is 1.31 bits per heavy atom. The van der Waals surface area contributed by atoms with E-state index in [0.717, 1.165) is 11.0 Å². The van der Waals surface area contributed by atoms with Crippen LogP contribution < -0.4 is 0 Å². The molecule has 0 spiro atoms. The van der Waals surface area contributed by atoms with Crippen LogP contribution in [0.25, 0.3) is 0 Å². The predicted molar refractivity (Wildman–Crippen MR) is 59.0 cm³/mol. The standard InChI is InChI=1S/C12H22N/c1-11(2)8-7-9-13(5,6)10-12(3)4/h10-11H,9H2,1-6H3/q+1. The highest BCUT2D eigenvalue weighted by atomic mass is 15.3. The van der Waals surface area contributed by atoms with Crippen molar-refractivity contribution in [3.63, 3.8) is 0 Å². The normalized spacial score (nSPS) is 10.7. The molecule has 0 aromatic heterocycles. The Labute approximate surface area is 83.0 Å². The molecule has 0 rings (SSSR count). The second-order valence-electron chi connectivity index (χ2n) is 4.62. The van der Waals surface area contributed by atoms with Gasteiger partial charge >= 0.3 is 0 Å². The first kappa shape index (κ1) is 12.3. The van der Waals surface area contributed by atoms with Gasteiger partial charge in [-0.1, -0.05) is 19.8 Å². The Kier molecular flexibility index (Phi) is 4.80. The number of hydrogen-bond acceptors (Lipinski definition) is 0. The summed E-state index contributed by atoms with van der Waals surface area (Å²) in [6.07, 6.45) is 2.23. The number of rotatable bonds is 2. The molecule has 0 radical (unpaired) electrons. The lowest BCUT2D eigenvalue weighted by Crippen LogP contribution is -2.33. The first-order chi connectivity index (χ1) is 5.83. The minimum absolute atomic E-state index is 0.478. The SMILES string of the molecule is CC(C)=C[N+](C)(C)CC#CC(C)C. The number of nitrogens with zero attached hydrogens (tertiary/aromatic N) is 1. The van der Waals surface area contributed by atoms with Gasteiger partial charge in [0.1, 0.15) is 6.54 Å². The van der Waals surface area contributed by atoms with Crippen LogP contribution in [0, 0.1) is 17.8 Å². The Balaban J connectivity index is 4.21. The summed E-state index contributed by atoms with van der Waals surface area (Å²) in [6, 6.07) is 0. The zero-order valence-corrected chi connectivity index (χ0v) is 9.81. The molecule has 0 aliphatic rings. The predicted octanol–water partition coefficient (Wildman–Crippen LogP) is 2.65. The summed E-state index contributed by atoms with van der Waals surface area (Å²) in [7, 11) is 4.34. The molecule has 0 saturated heterocycles. The minimum atomic E-state index is 0.478. The monoisotopic (exact) mass is 180 g/mol. The Morgan fingerprint density at radius 3 is 2.23 bits per heavy atom. The van der Waals surface area contributed by atoms with E-state index < -0.39 is 0 Å². The van der Waals surface area contributed by atoms with Gasteiger partial charge in [-0.25, -0.2) is 0 Å². The van der Waals surface area contributed by atoms with Crippen LogP contribution in [0.2, 0.25) is 0 Å².